The van der Waals surface area contributed by atoms with Crippen molar-refractivity contribution in [2.24, 2.45) is 17.8 Å². The van der Waals surface area contributed by atoms with Gasteiger partial charge in [0, 0.05) is 26.2 Å². The molecule has 3 fully saturated rings. The Morgan fingerprint density at radius 1 is 0.909 bits per heavy atom. The highest BCUT2D eigenvalue weighted by molar-refractivity contribution is 5.14. The van der Waals surface area contributed by atoms with Crippen molar-refractivity contribution in [3.8, 4) is 0 Å². The van der Waals surface area contributed by atoms with Crippen LogP contribution >= 0.6 is 0 Å². The Balaban J connectivity index is 1.46. The summed E-state index contributed by atoms with van der Waals surface area (Å²) in [4.78, 5) is 2.71. The van der Waals surface area contributed by atoms with Gasteiger partial charge < -0.3 is 4.74 Å². The third-order valence-corrected chi connectivity index (χ3v) is 6.19. The molecule has 4 atom stereocenters. The van der Waals surface area contributed by atoms with E-state index in [-0.39, 0.29) is 0 Å². The van der Waals surface area contributed by atoms with Gasteiger partial charge in [-0.25, -0.2) is 0 Å². The van der Waals surface area contributed by atoms with Crippen LogP contribution in [0.4, 0.5) is 0 Å². The summed E-state index contributed by atoms with van der Waals surface area (Å²) in [6.45, 7) is 4.71. The molecule has 120 valence electrons. The van der Waals surface area contributed by atoms with Gasteiger partial charge in [0.1, 0.15) is 0 Å². The summed E-state index contributed by atoms with van der Waals surface area (Å²) < 4.78 is 6.26. The highest BCUT2D eigenvalue weighted by atomic mass is 16.5. The fraction of sp³-hybridized carbons (Fsp3) is 0.700. The minimum Gasteiger partial charge on any atom is -0.378 e. The number of hydrogen-bond acceptors (Lipinski definition) is 2. The van der Waals surface area contributed by atoms with E-state index in [2.05, 4.69) is 35.2 Å². The molecule has 2 heterocycles. The monoisotopic (exact) mass is 299 g/mol. The predicted octanol–water partition coefficient (Wildman–Crippen LogP) is 4.10. The molecule has 1 aromatic rings. The van der Waals surface area contributed by atoms with E-state index in [0.29, 0.717) is 6.10 Å². The van der Waals surface area contributed by atoms with Crippen molar-refractivity contribution in [2.45, 2.75) is 51.2 Å². The van der Waals surface area contributed by atoms with Crippen molar-refractivity contribution >= 4 is 0 Å². The van der Waals surface area contributed by atoms with Crippen molar-refractivity contribution in [1.29, 1.82) is 0 Å². The lowest BCUT2D eigenvalue weighted by molar-refractivity contribution is 0.00777. The zero-order valence-corrected chi connectivity index (χ0v) is 13.6. The first-order valence-electron chi connectivity index (χ1n) is 9.28. The van der Waals surface area contributed by atoms with Crippen LogP contribution in [0.5, 0.6) is 0 Å². The van der Waals surface area contributed by atoms with E-state index in [1.165, 1.54) is 57.2 Å². The van der Waals surface area contributed by atoms with Gasteiger partial charge in [0.25, 0.3) is 0 Å². The van der Waals surface area contributed by atoms with E-state index >= 15 is 0 Å². The number of ether oxygens (including phenoxy) is 1. The second kappa shape index (κ2) is 6.72. The molecule has 0 amide bonds. The van der Waals surface area contributed by atoms with Crippen LogP contribution in [-0.2, 0) is 11.3 Å². The summed E-state index contributed by atoms with van der Waals surface area (Å²) in [7, 11) is 0. The lowest BCUT2D eigenvalue weighted by Crippen LogP contribution is -2.31. The lowest BCUT2D eigenvalue weighted by Gasteiger charge is -2.29. The first-order valence-corrected chi connectivity index (χ1v) is 9.28. The minimum atomic E-state index is 0.564. The number of fused-ring (bicyclic) bond motifs is 3. The second-order valence-corrected chi connectivity index (χ2v) is 7.60. The van der Waals surface area contributed by atoms with Gasteiger partial charge in [-0.2, -0.15) is 0 Å². The summed E-state index contributed by atoms with van der Waals surface area (Å²) in [5.41, 5.74) is 1.47. The fourth-order valence-corrected chi connectivity index (χ4v) is 5.12. The zero-order valence-electron chi connectivity index (χ0n) is 13.6. The smallest absolute Gasteiger partial charge is 0.0606 e. The largest absolute Gasteiger partial charge is 0.378 e. The molecule has 4 unspecified atom stereocenters. The van der Waals surface area contributed by atoms with Crippen LogP contribution in [0.25, 0.3) is 0 Å². The Bertz CT molecular complexity index is 474. The summed E-state index contributed by atoms with van der Waals surface area (Å²) in [6, 6.07) is 11.0. The van der Waals surface area contributed by atoms with Crippen LogP contribution in [-0.4, -0.2) is 30.7 Å². The summed E-state index contributed by atoms with van der Waals surface area (Å²) in [5, 5.41) is 0. The molecular weight excluding hydrogens is 270 g/mol. The summed E-state index contributed by atoms with van der Waals surface area (Å²) in [6.07, 6.45) is 8.79. The molecule has 22 heavy (non-hydrogen) atoms. The van der Waals surface area contributed by atoms with E-state index in [4.69, 9.17) is 4.74 Å². The molecule has 0 radical (unpaired) electrons. The van der Waals surface area contributed by atoms with Gasteiger partial charge in [-0.3, -0.25) is 4.90 Å². The van der Waals surface area contributed by atoms with Crippen LogP contribution in [0, 0.1) is 17.8 Å². The maximum Gasteiger partial charge on any atom is 0.0606 e. The Kier molecular flexibility index (Phi) is 4.49. The molecule has 1 aromatic carbocycles. The minimum absolute atomic E-state index is 0.564. The standard InChI is InChI=1S/C20H29NO/c1-3-7-16(8-4-1)13-21-14-17-11-12-22-20-10-6-2-5-9-18(20)19(17)15-21/h1,3-4,7-8,17-20H,2,5-6,9-15H2. The highest BCUT2D eigenvalue weighted by Crippen LogP contribution is 2.42. The summed E-state index contributed by atoms with van der Waals surface area (Å²) >= 11 is 0. The third kappa shape index (κ3) is 3.09. The van der Waals surface area contributed by atoms with Crippen molar-refractivity contribution in [1.82, 2.24) is 4.90 Å². The van der Waals surface area contributed by atoms with Crippen molar-refractivity contribution in [3.05, 3.63) is 35.9 Å². The van der Waals surface area contributed by atoms with Crippen molar-refractivity contribution < 1.29 is 4.74 Å². The Morgan fingerprint density at radius 2 is 1.77 bits per heavy atom. The first-order chi connectivity index (χ1) is 10.9. The SMILES string of the molecule is c1ccc(CN2CC3CCOC4CCCCCC4C3C2)cc1. The van der Waals surface area contributed by atoms with Gasteiger partial charge in [-0.05, 0) is 42.6 Å². The second-order valence-electron chi connectivity index (χ2n) is 7.60. The van der Waals surface area contributed by atoms with E-state index in [1.54, 1.807) is 0 Å². The molecule has 1 aliphatic carbocycles. The van der Waals surface area contributed by atoms with E-state index in [9.17, 15) is 0 Å². The number of nitrogens with zero attached hydrogens (tertiary/aromatic N) is 1. The Hall–Kier alpha value is -0.860. The van der Waals surface area contributed by atoms with Gasteiger partial charge in [0.2, 0.25) is 0 Å². The topological polar surface area (TPSA) is 12.5 Å². The van der Waals surface area contributed by atoms with Crippen LogP contribution in [0.1, 0.15) is 44.1 Å². The van der Waals surface area contributed by atoms with Gasteiger partial charge in [-0.1, -0.05) is 49.6 Å². The molecular formula is C20H29NO. The molecule has 1 saturated carbocycles. The molecule has 0 spiro atoms. The van der Waals surface area contributed by atoms with E-state index in [0.717, 1.165) is 30.9 Å². The van der Waals surface area contributed by atoms with Gasteiger partial charge in [0.05, 0.1) is 6.10 Å². The Morgan fingerprint density at radius 3 is 2.68 bits per heavy atom. The number of benzene rings is 1. The average Bonchev–Trinajstić information content (AvgIpc) is 2.71. The molecule has 2 nitrogen and oxygen atoms in total. The van der Waals surface area contributed by atoms with Crippen LogP contribution in [0.15, 0.2) is 30.3 Å². The third-order valence-electron chi connectivity index (χ3n) is 6.19. The van der Waals surface area contributed by atoms with E-state index in [1.807, 2.05) is 0 Å². The van der Waals surface area contributed by atoms with E-state index < -0.39 is 0 Å². The van der Waals surface area contributed by atoms with Crippen LogP contribution in [0.3, 0.4) is 0 Å². The molecule has 0 bridgehead atoms. The van der Waals surface area contributed by atoms with Gasteiger partial charge >= 0.3 is 0 Å². The maximum atomic E-state index is 6.26. The maximum absolute atomic E-state index is 6.26. The molecule has 0 aromatic heterocycles. The van der Waals surface area contributed by atoms with Crippen LogP contribution < -0.4 is 0 Å². The Labute approximate surface area is 134 Å². The quantitative estimate of drug-likeness (QED) is 0.815. The molecule has 4 rings (SSSR count). The predicted molar refractivity (Wildman–Crippen MR) is 89.6 cm³/mol. The van der Waals surface area contributed by atoms with Crippen molar-refractivity contribution in [2.75, 3.05) is 19.7 Å². The van der Waals surface area contributed by atoms with Crippen LogP contribution in [0.2, 0.25) is 0 Å². The normalized spacial score (nSPS) is 36.2. The van der Waals surface area contributed by atoms with Crippen molar-refractivity contribution in [3.63, 3.8) is 0 Å². The lowest BCUT2D eigenvalue weighted by atomic mass is 9.78. The zero-order chi connectivity index (χ0) is 14.8. The number of likely N-dealkylation sites (tertiary alicyclic amines) is 1. The average molecular weight is 299 g/mol. The summed E-state index contributed by atoms with van der Waals surface area (Å²) in [5.74, 6) is 2.59. The highest BCUT2D eigenvalue weighted by Gasteiger charge is 2.43. The molecule has 3 aliphatic rings. The molecule has 2 aliphatic heterocycles. The number of hydrogen-bond donors (Lipinski definition) is 0. The molecule has 2 heteroatoms. The molecule has 0 N–H and O–H groups in total. The number of rotatable bonds is 2. The fourth-order valence-electron chi connectivity index (χ4n) is 5.12. The first kappa shape index (κ1) is 14.7. The molecule has 2 saturated heterocycles. The van der Waals surface area contributed by atoms with Gasteiger partial charge in [0.15, 0.2) is 0 Å². The van der Waals surface area contributed by atoms with Gasteiger partial charge in [-0.15, -0.1) is 0 Å².